The van der Waals surface area contributed by atoms with Crippen molar-refractivity contribution in [3.63, 3.8) is 0 Å². The number of rotatable bonds is 7. The summed E-state index contributed by atoms with van der Waals surface area (Å²) in [4.78, 5) is 19.1. The van der Waals surface area contributed by atoms with Gasteiger partial charge in [0, 0.05) is 37.1 Å². The second-order valence-corrected chi connectivity index (χ2v) is 7.23. The lowest BCUT2D eigenvalue weighted by Crippen LogP contribution is -2.37. The predicted octanol–water partition coefficient (Wildman–Crippen LogP) is 3.66. The Morgan fingerprint density at radius 3 is 2.78 bits per heavy atom. The number of benzene rings is 2. The molecule has 0 amide bonds. The van der Waals surface area contributed by atoms with Gasteiger partial charge in [-0.25, -0.2) is 9.38 Å². The van der Waals surface area contributed by atoms with Gasteiger partial charge < -0.3 is 19.3 Å². The number of likely N-dealkylation sites (N-methyl/N-ethyl adjacent to an activating group) is 1. The molecule has 7 heteroatoms. The minimum Gasteiger partial charge on any atom is -0.486 e. The Morgan fingerprint density at radius 2 is 2.09 bits per heavy atom. The zero-order valence-electron chi connectivity index (χ0n) is 18.3. The number of aliphatic imine (C=N–C) groups is 1. The van der Waals surface area contributed by atoms with Crippen LogP contribution in [0.4, 0.5) is 15.8 Å². The molecule has 0 N–H and O–H groups in total. The van der Waals surface area contributed by atoms with Crippen molar-refractivity contribution >= 4 is 23.5 Å². The average Bonchev–Trinajstić information content (AvgIpc) is 2.82. The van der Waals surface area contributed by atoms with E-state index in [0.717, 1.165) is 0 Å². The summed E-state index contributed by atoms with van der Waals surface area (Å²) in [5.41, 5.74) is 2.36. The van der Waals surface area contributed by atoms with Crippen LogP contribution >= 0.6 is 0 Å². The van der Waals surface area contributed by atoms with Crippen LogP contribution in [0, 0.1) is 18.2 Å². The topological polar surface area (TPSA) is 54.4 Å². The molecule has 0 bridgehead atoms. The van der Waals surface area contributed by atoms with E-state index < -0.39 is 0 Å². The maximum Gasteiger partial charge on any atom is 0.148 e. The summed E-state index contributed by atoms with van der Waals surface area (Å²) in [5, 5.41) is 0. The van der Waals surface area contributed by atoms with Crippen molar-refractivity contribution in [2.24, 2.45) is 4.99 Å². The molecule has 1 heterocycles. The molecule has 166 valence electrons. The van der Waals surface area contributed by atoms with E-state index in [1.54, 1.807) is 37.1 Å². The Bertz CT molecular complexity index is 1050. The lowest BCUT2D eigenvalue weighted by atomic mass is 10.2. The molecule has 0 saturated carbocycles. The molecule has 1 fully saturated rings. The maximum absolute atomic E-state index is 14.9. The summed E-state index contributed by atoms with van der Waals surface area (Å²) in [5.74, 6) is 3.34. The van der Waals surface area contributed by atoms with Crippen molar-refractivity contribution in [1.29, 1.82) is 0 Å². The highest BCUT2D eigenvalue weighted by Crippen LogP contribution is 2.26. The molecule has 0 aliphatic carbocycles. The standard InChI is InChI=1S/C25H26FN3O3/c1-4-20-6-5-7-22(16-20)32-18-25(27-19(2)10-13-30)28(3)21-8-9-24(23(26)17-21)29-11-14-31-15-12-29/h1,5-10,13,16-17H,11-12,14-15,18H2,2-3H3/b19-10-,27-25-. The highest BCUT2D eigenvalue weighted by molar-refractivity contribution is 5.99. The molecule has 32 heavy (non-hydrogen) atoms. The molecule has 1 aliphatic heterocycles. The zero-order valence-corrected chi connectivity index (χ0v) is 18.3. The molecule has 2 aromatic carbocycles. The summed E-state index contributed by atoms with van der Waals surface area (Å²) in [6, 6.07) is 12.2. The molecular weight excluding hydrogens is 409 g/mol. The van der Waals surface area contributed by atoms with E-state index in [9.17, 15) is 9.18 Å². The third-order valence-electron chi connectivity index (χ3n) is 5.04. The number of morpholine rings is 1. The smallest absolute Gasteiger partial charge is 0.148 e. The van der Waals surface area contributed by atoms with Gasteiger partial charge in [-0.3, -0.25) is 4.79 Å². The molecule has 0 spiro atoms. The summed E-state index contributed by atoms with van der Waals surface area (Å²) < 4.78 is 26.1. The van der Waals surface area contributed by atoms with Crippen LogP contribution < -0.4 is 14.5 Å². The van der Waals surface area contributed by atoms with Gasteiger partial charge in [0.15, 0.2) is 0 Å². The van der Waals surface area contributed by atoms with E-state index in [2.05, 4.69) is 10.9 Å². The van der Waals surface area contributed by atoms with Crippen LogP contribution in [0.1, 0.15) is 12.5 Å². The number of carbonyl (C=O) groups is 1. The van der Waals surface area contributed by atoms with E-state index in [4.69, 9.17) is 15.9 Å². The molecule has 0 aromatic heterocycles. The van der Waals surface area contributed by atoms with Crippen molar-refractivity contribution < 1.29 is 18.7 Å². The molecule has 2 aromatic rings. The summed E-state index contributed by atoms with van der Waals surface area (Å²) >= 11 is 0. The number of allylic oxidation sites excluding steroid dienone is 2. The zero-order chi connectivity index (χ0) is 22.9. The number of ether oxygens (including phenoxy) is 2. The van der Waals surface area contributed by atoms with Gasteiger partial charge in [-0.1, -0.05) is 12.0 Å². The third-order valence-corrected chi connectivity index (χ3v) is 5.04. The average molecular weight is 435 g/mol. The van der Waals surface area contributed by atoms with Gasteiger partial charge in [0.05, 0.1) is 18.9 Å². The molecule has 0 atom stereocenters. The number of hydrogen-bond donors (Lipinski definition) is 0. The fraction of sp³-hybridized carbons (Fsp3) is 0.280. The van der Waals surface area contributed by atoms with Crippen molar-refractivity contribution in [2.75, 3.05) is 49.8 Å². The van der Waals surface area contributed by atoms with Crippen LogP contribution in [0.15, 0.2) is 59.2 Å². The van der Waals surface area contributed by atoms with Gasteiger partial charge >= 0.3 is 0 Å². The maximum atomic E-state index is 14.9. The Balaban J connectivity index is 1.83. The van der Waals surface area contributed by atoms with Crippen LogP contribution in [0.25, 0.3) is 0 Å². The van der Waals surface area contributed by atoms with E-state index in [1.165, 1.54) is 12.1 Å². The quantitative estimate of drug-likeness (QED) is 0.218. The first-order valence-corrected chi connectivity index (χ1v) is 10.3. The first kappa shape index (κ1) is 23.0. The Kier molecular flexibility index (Phi) is 8.01. The van der Waals surface area contributed by atoms with Gasteiger partial charge in [-0.2, -0.15) is 0 Å². The predicted molar refractivity (Wildman–Crippen MR) is 125 cm³/mol. The van der Waals surface area contributed by atoms with Crippen molar-refractivity contribution in [2.45, 2.75) is 6.92 Å². The molecule has 1 saturated heterocycles. The number of carbonyl (C=O) groups excluding carboxylic acids is 1. The van der Waals surface area contributed by atoms with Crippen LogP contribution in [-0.4, -0.2) is 52.1 Å². The van der Waals surface area contributed by atoms with E-state index in [0.29, 0.717) is 66.8 Å². The highest BCUT2D eigenvalue weighted by Gasteiger charge is 2.18. The van der Waals surface area contributed by atoms with Crippen molar-refractivity contribution in [1.82, 2.24) is 0 Å². The number of nitrogens with zero attached hydrogens (tertiary/aromatic N) is 3. The summed E-state index contributed by atoms with van der Waals surface area (Å²) in [7, 11) is 1.78. The first-order chi connectivity index (χ1) is 15.5. The van der Waals surface area contributed by atoms with E-state index >= 15 is 0 Å². The van der Waals surface area contributed by atoms with Crippen molar-refractivity contribution in [3.05, 3.63) is 65.6 Å². The van der Waals surface area contributed by atoms with Gasteiger partial charge in [0.25, 0.3) is 0 Å². The Hall–Kier alpha value is -3.63. The number of halogens is 1. The minimum absolute atomic E-state index is 0.0986. The highest BCUT2D eigenvalue weighted by atomic mass is 19.1. The monoisotopic (exact) mass is 435 g/mol. The van der Waals surface area contributed by atoms with Crippen LogP contribution in [0.3, 0.4) is 0 Å². The molecule has 1 aliphatic rings. The first-order valence-electron chi connectivity index (χ1n) is 10.3. The number of amidine groups is 1. The minimum atomic E-state index is -0.321. The Morgan fingerprint density at radius 1 is 1.31 bits per heavy atom. The molecular formula is C25H26FN3O3. The molecule has 0 radical (unpaired) electrons. The van der Waals surface area contributed by atoms with Crippen molar-refractivity contribution in [3.8, 4) is 18.1 Å². The van der Waals surface area contributed by atoms with Crippen LogP contribution in [-0.2, 0) is 9.53 Å². The largest absolute Gasteiger partial charge is 0.486 e. The second kappa shape index (κ2) is 11.1. The number of anilines is 2. The van der Waals surface area contributed by atoms with E-state index in [1.807, 2.05) is 23.1 Å². The lowest BCUT2D eigenvalue weighted by molar-refractivity contribution is -0.104. The fourth-order valence-electron chi connectivity index (χ4n) is 3.28. The van der Waals surface area contributed by atoms with Gasteiger partial charge in [-0.15, -0.1) is 6.42 Å². The fourth-order valence-corrected chi connectivity index (χ4v) is 3.28. The third kappa shape index (κ3) is 5.96. The Labute approximate surface area is 188 Å². The number of hydrogen-bond acceptors (Lipinski definition) is 5. The molecule has 6 nitrogen and oxygen atoms in total. The van der Waals surface area contributed by atoms with Crippen LogP contribution in [0.2, 0.25) is 0 Å². The normalized spacial score (nSPS) is 14.6. The second-order valence-electron chi connectivity index (χ2n) is 7.23. The number of terminal acetylenes is 1. The summed E-state index contributed by atoms with van der Waals surface area (Å²) in [6.45, 7) is 4.28. The molecule has 0 unspecified atom stereocenters. The van der Waals surface area contributed by atoms with E-state index in [-0.39, 0.29) is 12.4 Å². The summed E-state index contributed by atoms with van der Waals surface area (Å²) in [6.07, 6.45) is 7.48. The molecule has 3 rings (SSSR count). The van der Waals surface area contributed by atoms with Gasteiger partial charge in [0.2, 0.25) is 0 Å². The van der Waals surface area contributed by atoms with Crippen LogP contribution in [0.5, 0.6) is 5.75 Å². The SMILES string of the molecule is C#Cc1cccc(OC/C(=N/C(C)=C\C=O)N(C)c2ccc(N3CCOCC3)c(F)c2)c1. The van der Waals surface area contributed by atoms with Gasteiger partial charge in [0.1, 0.15) is 30.3 Å². The lowest BCUT2D eigenvalue weighted by Gasteiger charge is -2.30. The number of aldehydes is 1. The van der Waals surface area contributed by atoms with Gasteiger partial charge in [-0.05, 0) is 49.4 Å².